The molecule has 0 saturated carbocycles. The van der Waals surface area contributed by atoms with Gasteiger partial charge in [-0.3, -0.25) is 4.90 Å². The van der Waals surface area contributed by atoms with Gasteiger partial charge in [-0.2, -0.15) is 0 Å². The number of piperazine rings is 1. The van der Waals surface area contributed by atoms with Crippen molar-refractivity contribution in [2.45, 2.75) is 43.7 Å². The minimum absolute atomic E-state index is 0.121. The summed E-state index contributed by atoms with van der Waals surface area (Å²) in [6, 6.07) is 13.6. The molecule has 3 aliphatic rings. The average Bonchev–Trinajstić information content (AvgIpc) is 3.43. The van der Waals surface area contributed by atoms with Crippen molar-refractivity contribution >= 4 is 5.69 Å². The van der Waals surface area contributed by atoms with E-state index in [0.29, 0.717) is 18.9 Å². The minimum atomic E-state index is -0.605. The van der Waals surface area contributed by atoms with Crippen LogP contribution in [-0.2, 0) is 22.6 Å². The van der Waals surface area contributed by atoms with Crippen LogP contribution in [0.3, 0.4) is 0 Å². The molecule has 30 heavy (non-hydrogen) atoms. The number of furan rings is 1. The third-order valence-electron chi connectivity index (χ3n) is 6.37. The first-order valence-electron chi connectivity index (χ1n) is 10.6. The fourth-order valence-electron chi connectivity index (χ4n) is 4.78. The molecule has 0 spiro atoms. The van der Waals surface area contributed by atoms with Crippen LogP contribution in [0.25, 0.3) is 0 Å². The number of rotatable bonds is 6. The third kappa shape index (κ3) is 3.87. The second kappa shape index (κ2) is 8.66. The number of aliphatic hydroxyl groups is 2. The summed E-state index contributed by atoms with van der Waals surface area (Å²) in [7, 11) is 0. The lowest BCUT2D eigenvalue weighted by Crippen LogP contribution is -2.66. The normalized spacial score (nSPS) is 31.9. The zero-order valence-corrected chi connectivity index (χ0v) is 16.9. The Hall–Kier alpha value is -1.94. The Bertz CT molecular complexity index is 823. The number of hydrogen-bond donors (Lipinski definition) is 3. The van der Waals surface area contributed by atoms with Crippen LogP contribution in [-0.4, -0.2) is 78.5 Å². The van der Waals surface area contributed by atoms with E-state index in [-0.39, 0.29) is 24.8 Å². The maximum atomic E-state index is 11.2. The van der Waals surface area contributed by atoms with Gasteiger partial charge in [-0.1, -0.05) is 18.2 Å². The molecule has 5 atom stereocenters. The smallest absolute Gasteiger partial charge is 0.176 e. The first kappa shape index (κ1) is 20.0. The molecule has 4 heterocycles. The fraction of sp³-hybridized carbons (Fsp3) is 0.545. The molecule has 1 aromatic heterocycles. The molecule has 3 saturated heterocycles. The van der Waals surface area contributed by atoms with Gasteiger partial charge in [0.05, 0.1) is 31.3 Å². The quantitative estimate of drug-likeness (QED) is 0.630. The van der Waals surface area contributed by atoms with Gasteiger partial charge in [-0.05, 0) is 24.3 Å². The first-order valence-corrected chi connectivity index (χ1v) is 10.6. The van der Waals surface area contributed by atoms with Gasteiger partial charge >= 0.3 is 0 Å². The highest BCUT2D eigenvalue weighted by atomic mass is 16.7. The summed E-state index contributed by atoms with van der Waals surface area (Å²) in [5.74, 6) is 1.26. The summed E-state index contributed by atoms with van der Waals surface area (Å²) in [6.07, 6.45) is -1.18. The molecule has 1 aromatic carbocycles. The third-order valence-corrected chi connectivity index (χ3v) is 6.37. The number of hydrogen-bond acceptors (Lipinski definition) is 8. The van der Waals surface area contributed by atoms with Crippen molar-refractivity contribution < 1.29 is 24.1 Å². The molecule has 3 fully saturated rings. The average molecular weight is 415 g/mol. The van der Waals surface area contributed by atoms with Crippen LogP contribution in [0.15, 0.2) is 46.9 Å². The summed E-state index contributed by atoms with van der Waals surface area (Å²) >= 11 is 0. The number of nitrogens with zero attached hydrogens (tertiary/aromatic N) is 2. The number of aliphatic hydroxyl groups excluding tert-OH is 2. The lowest BCUT2D eigenvalue weighted by Gasteiger charge is -2.47. The van der Waals surface area contributed by atoms with Crippen molar-refractivity contribution in [2.75, 3.05) is 37.7 Å². The zero-order valence-electron chi connectivity index (χ0n) is 16.9. The molecule has 2 aromatic rings. The van der Waals surface area contributed by atoms with E-state index in [4.69, 9.17) is 19.0 Å². The minimum Gasteiger partial charge on any atom is -0.462 e. The summed E-state index contributed by atoms with van der Waals surface area (Å²) in [6.45, 7) is 4.30. The van der Waals surface area contributed by atoms with E-state index in [0.717, 1.165) is 31.9 Å². The molecule has 162 valence electrons. The van der Waals surface area contributed by atoms with Crippen LogP contribution in [0.2, 0.25) is 0 Å². The largest absolute Gasteiger partial charge is 0.462 e. The van der Waals surface area contributed by atoms with Crippen LogP contribution in [0.5, 0.6) is 0 Å². The Kier molecular flexibility index (Phi) is 5.77. The van der Waals surface area contributed by atoms with Gasteiger partial charge in [0.25, 0.3) is 0 Å². The van der Waals surface area contributed by atoms with Gasteiger partial charge in [0, 0.05) is 31.9 Å². The molecule has 0 aliphatic carbocycles. The molecule has 0 amide bonds. The van der Waals surface area contributed by atoms with Crippen LogP contribution in [0, 0.1) is 0 Å². The van der Waals surface area contributed by atoms with Crippen molar-refractivity contribution in [3.63, 3.8) is 0 Å². The van der Waals surface area contributed by atoms with Gasteiger partial charge in [0.1, 0.15) is 24.2 Å². The van der Waals surface area contributed by atoms with E-state index in [9.17, 15) is 5.11 Å². The van der Waals surface area contributed by atoms with Gasteiger partial charge < -0.3 is 34.3 Å². The van der Waals surface area contributed by atoms with E-state index >= 15 is 0 Å². The van der Waals surface area contributed by atoms with Crippen molar-refractivity contribution in [2.24, 2.45) is 0 Å². The van der Waals surface area contributed by atoms with Gasteiger partial charge in [0.2, 0.25) is 0 Å². The first-order chi connectivity index (χ1) is 14.7. The van der Waals surface area contributed by atoms with Gasteiger partial charge in [-0.15, -0.1) is 0 Å². The fourth-order valence-corrected chi connectivity index (χ4v) is 4.78. The molecular weight excluding hydrogens is 386 g/mol. The number of nitrogens with one attached hydrogen (secondary N) is 1. The Balaban J connectivity index is 1.23. The van der Waals surface area contributed by atoms with Crippen LogP contribution < -0.4 is 10.2 Å². The predicted molar refractivity (Wildman–Crippen MR) is 110 cm³/mol. The van der Waals surface area contributed by atoms with Gasteiger partial charge in [0.15, 0.2) is 6.29 Å². The molecule has 0 unspecified atom stereocenters. The maximum absolute atomic E-state index is 11.2. The van der Waals surface area contributed by atoms with E-state index < -0.39 is 12.4 Å². The second-order valence-corrected chi connectivity index (χ2v) is 8.15. The highest BCUT2D eigenvalue weighted by Crippen LogP contribution is 2.32. The lowest BCUT2D eigenvalue weighted by atomic mass is 9.94. The maximum Gasteiger partial charge on any atom is 0.176 e. The Morgan fingerprint density at radius 2 is 1.77 bits per heavy atom. The predicted octanol–water partition coefficient (Wildman–Crippen LogP) is 0.537. The molecule has 8 heteroatoms. The zero-order chi connectivity index (χ0) is 20.5. The number of para-hydroxylation sites is 1. The molecular formula is C22H29N3O5. The van der Waals surface area contributed by atoms with Gasteiger partial charge in [-0.25, -0.2) is 0 Å². The molecule has 3 aliphatic heterocycles. The Morgan fingerprint density at radius 3 is 2.50 bits per heavy atom. The summed E-state index contributed by atoms with van der Waals surface area (Å²) in [4.78, 5) is 4.66. The summed E-state index contributed by atoms with van der Waals surface area (Å²) in [5, 5.41) is 23.8. The lowest BCUT2D eigenvalue weighted by molar-refractivity contribution is -0.183. The van der Waals surface area contributed by atoms with E-state index in [1.807, 2.05) is 12.1 Å². The Labute approximate surface area is 176 Å². The number of benzene rings is 1. The molecule has 3 N–H and O–H groups in total. The number of ether oxygens (including phenoxy) is 2. The number of fused-ring (bicyclic) bond motifs is 2. The molecule has 0 radical (unpaired) electrons. The standard InChI is InChI=1S/C22H29N3O5/c26-13-17-7-6-16(29-17)12-23-19-18-14-28-22(30-18)20(21(19)27)25-10-8-24(9-11-25)15-4-2-1-3-5-15/h1-7,18-23,26-27H,8-14H2/t18-,19+,20-,21-,22+/m0/s1. The molecule has 2 bridgehead atoms. The van der Waals surface area contributed by atoms with E-state index in [1.54, 1.807) is 6.07 Å². The van der Waals surface area contributed by atoms with Crippen molar-refractivity contribution in [1.29, 1.82) is 0 Å². The summed E-state index contributed by atoms with van der Waals surface area (Å²) in [5.41, 5.74) is 1.23. The summed E-state index contributed by atoms with van der Waals surface area (Å²) < 4.78 is 17.5. The van der Waals surface area contributed by atoms with Crippen molar-refractivity contribution in [3.05, 3.63) is 54.0 Å². The highest BCUT2D eigenvalue weighted by Gasteiger charge is 2.52. The van der Waals surface area contributed by atoms with Crippen LogP contribution in [0.1, 0.15) is 11.5 Å². The second-order valence-electron chi connectivity index (χ2n) is 8.15. The SMILES string of the molecule is OCc1ccc(CN[C@H]2[C@H](O)[C@H](N3CCN(c4ccccc4)CC3)[C@@H]3OC[C@@H]2O3)o1. The molecule has 8 nitrogen and oxygen atoms in total. The highest BCUT2D eigenvalue weighted by molar-refractivity contribution is 5.46. The van der Waals surface area contributed by atoms with Crippen molar-refractivity contribution in [1.82, 2.24) is 10.2 Å². The van der Waals surface area contributed by atoms with E-state index in [2.05, 4.69) is 39.4 Å². The van der Waals surface area contributed by atoms with E-state index in [1.165, 1.54) is 5.69 Å². The topological polar surface area (TPSA) is 90.6 Å². The van der Waals surface area contributed by atoms with Crippen LogP contribution in [0.4, 0.5) is 5.69 Å². The monoisotopic (exact) mass is 415 g/mol. The van der Waals surface area contributed by atoms with Crippen LogP contribution >= 0.6 is 0 Å². The molecule has 5 rings (SSSR count). The number of anilines is 1. The Morgan fingerprint density at radius 1 is 1.00 bits per heavy atom. The van der Waals surface area contributed by atoms with Crippen molar-refractivity contribution in [3.8, 4) is 0 Å².